The summed E-state index contributed by atoms with van der Waals surface area (Å²) in [5, 5.41) is 2.97. The largest absolute Gasteiger partial charge is 0.492 e. The molecule has 0 radical (unpaired) electrons. The number of amides is 2. The SMILES string of the molecule is CCOc1ccccc1N(CC(=O)N(Cc1ccc(Br)cc1)[C@H](Cc1ccccc1)C(=O)NC(C)C)S(=O)(=O)c1ccc(C)cc1. The molecule has 0 bridgehead atoms. The van der Waals surface area contributed by atoms with Gasteiger partial charge in [-0.15, -0.1) is 0 Å². The number of carbonyl (C=O) groups excluding carboxylic acids is 2. The molecular formula is C36H40BrN3O5S. The molecule has 0 saturated carbocycles. The topological polar surface area (TPSA) is 96.0 Å². The Balaban J connectivity index is 1.84. The number of hydrogen-bond donors (Lipinski definition) is 1. The Kier molecular flexibility index (Phi) is 12.0. The summed E-state index contributed by atoms with van der Waals surface area (Å²) < 4.78 is 36.4. The fraction of sp³-hybridized carbons (Fsp3) is 0.278. The quantitative estimate of drug-likeness (QED) is 0.161. The third-order valence-electron chi connectivity index (χ3n) is 7.29. The maximum Gasteiger partial charge on any atom is 0.264 e. The van der Waals surface area contributed by atoms with E-state index in [9.17, 15) is 18.0 Å². The normalized spacial score (nSPS) is 12.0. The molecule has 8 nitrogen and oxygen atoms in total. The smallest absolute Gasteiger partial charge is 0.264 e. The lowest BCUT2D eigenvalue weighted by molar-refractivity contribution is -0.140. The highest BCUT2D eigenvalue weighted by atomic mass is 79.9. The molecule has 0 unspecified atom stereocenters. The van der Waals surface area contributed by atoms with Gasteiger partial charge in [-0.05, 0) is 75.2 Å². The minimum Gasteiger partial charge on any atom is -0.492 e. The van der Waals surface area contributed by atoms with Gasteiger partial charge < -0.3 is 15.0 Å². The van der Waals surface area contributed by atoms with Crippen LogP contribution < -0.4 is 14.4 Å². The molecule has 0 heterocycles. The Labute approximate surface area is 280 Å². The zero-order valence-electron chi connectivity index (χ0n) is 26.5. The van der Waals surface area contributed by atoms with Gasteiger partial charge in [-0.25, -0.2) is 8.42 Å². The van der Waals surface area contributed by atoms with E-state index in [-0.39, 0.29) is 35.5 Å². The van der Waals surface area contributed by atoms with Crippen molar-refractivity contribution in [3.63, 3.8) is 0 Å². The molecule has 46 heavy (non-hydrogen) atoms. The van der Waals surface area contributed by atoms with Crippen LogP contribution in [0.2, 0.25) is 0 Å². The summed E-state index contributed by atoms with van der Waals surface area (Å²) >= 11 is 3.46. The number of anilines is 1. The van der Waals surface area contributed by atoms with Crippen molar-refractivity contribution in [1.29, 1.82) is 0 Å². The van der Waals surface area contributed by atoms with Crippen molar-refractivity contribution in [2.24, 2.45) is 0 Å². The fourth-order valence-electron chi connectivity index (χ4n) is 5.01. The number of aryl methyl sites for hydroxylation is 1. The number of rotatable bonds is 14. The summed E-state index contributed by atoms with van der Waals surface area (Å²) in [4.78, 5) is 30.0. The fourth-order valence-corrected chi connectivity index (χ4v) is 6.70. The summed E-state index contributed by atoms with van der Waals surface area (Å²) in [7, 11) is -4.24. The Morgan fingerprint density at radius 2 is 1.48 bits per heavy atom. The summed E-state index contributed by atoms with van der Waals surface area (Å²) in [6.45, 7) is 7.22. The molecule has 0 aliphatic carbocycles. The van der Waals surface area contributed by atoms with Crippen molar-refractivity contribution in [2.45, 2.75) is 57.6 Å². The highest BCUT2D eigenvalue weighted by molar-refractivity contribution is 9.10. The van der Waals surface area contributed by atoms with Gasteiger partial charge in [-0.1, -0.05) is 88.2 Å². The molecule has 0 aromatic heterocycles. The number of sulfonamides is 1. The predicted molar refractivity (Wildman–Crippen MR) is 185 cm³/mol. The van der Waals surface area contributed by atoms with Gasteiger partial charge in [-0.2, -0.15) is 0 Å². The highest BCUT2D eigenvalue weighted by Crippen LogP contribution is 2.33. The van der Waals surface area contributed by atoms with Crippen LogP contribution in [0.15, 0.2) is 112 Å². The second kappa shape index (κ2) is 15.9. The Morgan fingerprint density at radius 3 is 2.11 bits per heavy atom. The van der Waals surface area contributed by atoms with Crippen molar-refractivity contribution in [1.82, 2.24) is 10.2 Å². The molecule has 10 heteroatoms. The van der Waals surface area contributed by atoms with Crippen LogP contribution in [0.1, 0.15) is 37.5 Å². The molecule has 0 saturated heterocycles. The molecule has 242 valence electrons. The maximum atomic E-state index is 14.6. The first kappa shape index (κ1) is 34.7. The van der Waals surface area contributed by atoms with E-state index in [0.29, 0.717) is 12.4 Å². The predicted octanol–water partition coefficient (Wildman–Crippen LogP) is 6.52. The van der Waals surface area contributed by atoms with Gasteiger partial charge in [0, 0.05) is 23.5 Å². The molecule has 0 fully saturated rings. The summed E-state index contributed by atoms with van der Waals surface area (Å²) in [5.41, 5.74) is 2.78. The summed E-state index contributed by atoms with van der Waals surface area (Å²) in [5.74, 6) is -0.539. The maximum absolute atomic E-state index is 14.6. The Bertz CT molecular complexity index is 1710. The summed E-state index contributed by atoms with van der Waals surface area (Å²) in [6, 6.07) is 29.1. The third-order valence-corrected chi connectivity index (χ3v) is 9.59. The van der Waals surface area contributed by atoms with Gasteiger partial charge in [-0.3, -0.25) is 13.9 Å². The van der Waals surface area contributed by atoms with Gasteiger partial charge in [0.2, 0.25) is 11.8 Å². The lowest BCUT2D eigenvalue weighted by atomic mass is 10.0. The van der Waals surface area contributed by atoms with Crippen LogP contribution in [0.3, 0.4) is 0 Å². The number of hydrogen-bond acceptors (Lipinski definition) is 5. The number of nitrogens with zero attached hydrogens (tertiary/aromatic N) is 2. The standard InChI is InChI=1S/C36H40BrN3O5S/c1-5-45-34-14-10-9-13-32(34)40(46(43,44)31-21-15-27(4)16-22-31)25-35(41)39(24-29-17-19-30(37)20-18-29)33(36(42)38-26(2)3)23-28-11-7-6-8-12-28/h6-22,26,33H,5,23-25H2,1-4H3,(H,38,42)/t33-/m1/s1. The molecule has 0 spiro atoms. The van der Waals surface area contributed by atoms with Crippen LogP contribution in [-0.4, -0.2) is 50.4 Å². The molecule has 4 aromatic carbocycles. The number of halogens is 1. The second-order valence-corrected chi connectivity index (χ2v) is 14.0. The van der Waals surface area contributed by atoms with E-state index in [2.05, 4.69) is 21.2 Å². The van der Waals surface area contributed by atoms with Gasteiger partial charge in [0.05, 0.1) is 17.2 Å². The third kappa shape index (κ3) is 8.98. The van der Waals surface area contributed by atoms with E-state index < -0.39 is 28.5 Å². The first-order chi connectivity index (χ1) is 22.0. The van der Waals surface area contributed by atoms with Gasteiger partial charge >= 0.3 is 0 Å². The lowest BCUT2D eigenvalue weighted by Crippen LogP contribution is -2.54. The van der Waals surface area contributed by atoms with Crippen LogP contribution >= 0.6 is 15.9 Å². The van der Waals surface area contributed by atoms with Gasteiger partial charge in [0.1, 0.15) is 18.3 Å². The molecule has 2 amide bonds. The second-order valence-electron chi connectivity index (χ2n) is 11.2. The van der Waals surface area contributed by atoms with Crippen molar-refractivity contribution in [2.75, 3.05) is 17.5 Å². The first-order valence-corrected chi connectivity index (χ1v) is 17.4. The van der Waals surface area contributed by atoms with E-state index >= 15 is 0 Å². The molecule has 0 aliphatic rings. The van der Waals surface area contributed by atoms with Crippen LogP contribution in [0.5, 0.6) is 5.75 Å². The molecule has 1 atom stereocenters. The van der Waals surface area contributed by atoms with E-state index in [1.165, 1.54) is 17.0 Å². The van der Waals surface area contributed by atoms with Gasteiger partial charge in [0.15, 0.2) is 0 Å². The van der Waals surface area contributed by atoms with Crippen LogP contribution in [-0.2, 0) is 32.6 Å². The van der Waals surface area contributed by atoms with Crippen LogP contribution in [0.4, 0.5) is 5.69 Å². The van der Waals surface area contributed by atoms with Crippen LogP contribution in [0, 0.1) is 6.92 Å². The molecule has 0 aliphatic heterocycles. The van der Waals surface area contributed by atoms with E-state index in [4.69, 9.17) is 4.74 Å². The zero-order valence-corrected chi connectivity index (χ0v) is 28.9. The number of ether oxygens (including phenoxy) is 1. The van der Waals surface area contributed by atoms with Crippen molar-refractivity contribution in [3.8, 4) is 5.75 Å². The number of para-hydroxylation sites is 2. The Hall–Kier alpha value is -4.15. The average Bonchev–Trinajstić information content (AvgIpc) is 3.03. The van der Waals surface area contributed by atoms with E-state index in [1.54, 1.807) is 36.4 Å². The molecule has 4 aromatic rings. The number of benzene rings is 4. The number of carbonyl (C=O) groups is 2. The van der Waals surface area contributed by atoms with Crippen molar-refractivity contribution < 1.29 is 22.7 Å². The minimum atomic E-state index is -4.24. The first-order valence-electron chi connectivity index (χ1n) is 15.2. The highest BCUT2D eigenvalue weighted by Gasteiger charge is 2.35. The molecular weight excluding hydrogens is 666 g/mol. The molecule has 4 rings (SSSR count). The molecule has 1 N–H and O–H groups in total. The Morgan fingerprint density at radius 1 is 0.848 bits per heavy atom. The van der Waals surface area contributed by atoms with Crippen LogP contribution in [0.25, 0.3) is 0 Å². The number of nitrogens with one attached hydrogen (secondary N) is 1. The minimum absolute atomic E-state index is 0.0371. The van der Waals surface area contributed by atoms with Crippen molar-refractivity contribution in [3.05, 3.63) is 124 Å². The lowest BCUT2D eigenvalue weighted by Gasteiger charge is -2.34. The zero-order chi connectivity index (χ0) is 33.3. The van der Waals surface area contributed by atoms with E-state index in [0.717, 1.165) is 25.5 Å². The van der Waals surface area contributed by atoms with Crippen molar-refractivity contribution >= 4 is 43.5 Å². The van der Waals surface area contributed by atoms with Gasteiger partial charge in [0.25, 0.3) is 10.0 Å². The monoisotopic (exact) mass is 705 g/mol. The van der Waals surface area contributed by atoms with E-state index in [1.807, 2.05) is 82.3 Å². The average molecular weight is 707 g/mol. The summed E-state index contributed by atoms with van der Waals surface area (Å²) in [6.07, 6.45) is 0.238.